The van der Waals surface area contributed by atoms with E-state index in [0.717, 1.165) is 5.69 Å². The molecule has 3 heterocycles. The molecule has 0 N–H and O–H groups in total. The minimum absolute atomic E-state index is 0.111. The van der Waals surface area contributed by atoms with Crippen LogP contribution in [0.25, 0.3) is 11.3 Å². The summed E-state index contributed by atoms with van der Waals surface area (Å²) in [5.74, 6) is 0.358. The molecule has 0 unspecified atom stereocenters. The highest BCUT2D eigenvalue weighted by Crippen LogP contribution is 2.28. The summed E-state index contributed by atoms with van der Waals surface area (Å²) in [4.78, 5) is 24.6. The van der Waals surface area contributed by atoms with Gasteiger partial charge in [-0.25, -0.2) is 14.4 Å². The Hall–Kier alpha value is -3.49. The molecule has 1 aromatic carbocycles. The van der Waals surface area contributed by atoms with Crippen molar-refractivity contribution in [1.29, 1.82) is 0 Å². The Bertz CT molecular complexity index is 1040. The fourth-order valence-electron chi connectivity index (χ4n) is 3.48. The number of benzene rings is 1. The van der Waals surface area contributed by atoms with Crippen LogP contribution in [0, 0.1) is 12.7 Å². The van der Waals surface area contributed by atoms with Crippen LogP contribution in [0.15, 0.2) is 36.7 Å². The number of anilines is 1. The van der Waals surface area contributed by atoms with Gasteiger partial charge in [-0.3, -0.25) is 9.48 Å². The van der Waals surface area contributed by atoms with E-state index >= 15 is 4.39 Å². The van der Waals surface area contributed by atoms with Gasteiger partial charge in [0, 0.05) is 44.5 Å². The molecule has 1 fully saturated rings. The Balaban J connectivity index is 1.48. The summed E-state index contributed by atoms with van der Waals surface area (Å²) < 4.78 is 22.0. The predicted molar refractivity (Wildman–Crippen MR) is 110 cm³/mol. The number of carbonyl (C=O) groups excluding carboxylic acids is 1. The van der Waals surface area contributed by atoms with Gasteiger partial charge < -0.3 is 14.5 Å². The second-order valence-corrected chi connectivity index (χ2v) is 7.16. The van der Waals surface area contributed by atoms with Crippen molar-refractivity contribution in [2.45, 2.75) is 6.92 Å². The van der Waals surface area contributed by atoms with Gasteiger partial charge in [0.1, 0.15) is 17.8 Å². The van der Waals surface area contributed by atoms with E-state index in [9.17, 15) is 4.79 Å². The zero-order valence-electron chi connectivity index (χ0n) is 17.2. The fourth-order valence-corrected chi connectivity index (χ4v) is 3.48. The van der Waals surface area contributed by atoms with E-state index in [2.05, 4.69) is 15.1 Å². The standard InChI is InChI=1S/C21H23FN6O2/c1-14-12-17(25-26(14)2)21(29)28-10-8-27(9-11-28)20-18(22)19(23-13-24-20)15-4-6-16(30-3)7-5-15/h4-7,12-13H,8-11H2,1-3H3. The van der Waals surface area contributed by atoms with Crippen molar-refractivity contribution >= 4 is 11.7 Å². The molecule has 0 atom stereocenters. The monoisotopic (exact) mass is 410 g/mol. The van der Waals surface area contributed by atoms with Crippen LogP contribution in [-0.2, 0) is 7.05 Å². The lowest BCUT2D eigenvalue weighted by Crippen LogP contribution is -2.49. The second kappa shape index (κ2) is 8.10. The summed E-state index contributed by atoms with van der Waals surface area (Å²) in [6, 6.07) is 8.83. The van der Waals surface area contributed by atoms with Crippen LogP contribution < -0.4 is 9.64 Å². The summed E-state index contributed by atoms with van der Waals surface area (Å²) in [6.07, 6.45) is 1.37. The van der Waals surface area contributed by atoms with E-state index in [1.807, 2.05) is 18.9 Å². The summed E-state index contributed by atoms with van der Waals surface area (Å²) >= 11 is 0. The molecule has 0 radical (unpaired) electrons. The van der Waals surface area contributed by atoms with Crippen LogP contribution in [0.2, 0.25) is 0 Å². The number of nitrogens with zero attached hydrogens (tertiary/aromatic N) is 6. The molecular formula is C21H23FN6O2. The van der Waals surface area contributed by atoms with Crippen molar-refractivity contribution < 1.29 is 13.9 Å². The Kier molecular flexibility index (Phi) is 5.35. The van der Waals surface area contributed by atoms with Gasteiger partial charge >= 0.3 is 0 Å². The summed E-state index contributed by atoms with van der Waals surface area (Å²) in [7, 11) is 3.39. The second-order valence-electron chi connectivity index (χ2n) is 7.16. The van der Waals surface area contributed by atoms with Gasteiger partial charge in [-0.05, 0) is 37.3 Å². The third kappa shape index (κ3) is 3.70. The molecule has 0 saturated carbocycles. The molecule has 0 bridgehead atoms. The molecule has 1 aliphatic heterocycles. The molecule has 1 aliphatic rings. The number of halogens is 1. The number of carbonyl (C=O) groups is 1. The number of amides is 1. The maximum Gasteiger partial charge on any atom is 0.274 e. The lowest BCUT2D eigenvalue weighted by Gasteiger charge is -2.35. The van der Waals surface area contributed by atoms with Crippen LogP contribution in [0.1, 0.15) is 16.2 Å². The zero-order chi connectivity index (χ0) is 21.3. The number of piperazine rings is 1. The molecule has 3 aromatic rings. The SMILES string of the molecule is COc1ccc(-c2ncnc(N3CCN(C(=O)c4cc(C)n(C)n4)CC3)c2F)cc1. The maximum absolute atomic E-state index is 15.2. The van der Waals surface area contributed by atoms with Crippen molar-refractivity contribution in [2.24, 2.45) is 7.05 Å². The van der Waals surface area contributed by atoms with Gasteiger partial charge in [0.2, 0.25) is 0 Å². The number of hydrogen-bond acceptors (Lipinski definition) is 6. The Morgan fingerprint density at radius 2 is 1.80 bits per heavy atom. The van der Waals surface area contributed by atoms with E-state index in [1.165, 1.54) is 6.33 Å². The van der Waals surface area contributed by atoms with Crippen molar-refractivity contribution in [3.63, 3.8) is 0 Å². The smallest absolute Gasteiger partial charge is 0.274 e. The lowest BCUT2D eigenvalue weighted by molar-refractivity contribution is 0.0739. The van der Waals surface area contributed by atoms with Crippen molar-refractivity contribution in [1.82, 2.24) is 24.6 Å². The van der Waals surface area contributed by atoms with Crippen molar-refractivity contribution in [3.8, 4) is 17.0 Å². The average molecular weight is 410 g/mol. The van der Waals surface area contributed by atoms with Crippen LogP contribution in [-0.4, -0.2) is 63.8 Å². The first-order valence-electron chi connectivity index (χ1n) is 9.67. The number of methoxy groups -OCH3 is 1. The molecule has 0 aliphatic carbocycles. The highest BCUT2D eigenvalue weighted by atomic mass is 19.1. The van der Waals surface area contributed by atoms with E-state index in [1.54, 1.807) is 47.0 Å². The molecule has 30 heavy (non-hydrogen) atoms. The predicted octanol–water partition coefficient (Wildman–Crippen LogP) is 2.30. The third-order valence-electron chi connectivity index (χ3n) is 5.33. The van der Waals surface area contributed by atoms with Crippen molar-refractivity contribution in [2.75, 3.05) is 38.2 Å². The minimum atomic E-state index is -0.470. The molecule has 1 amide bonds. The van der Waals surface area contributed by atoms with Crippen LogP contribution in [0.4, 0.5) is 10.2 Å². The van der Waals surface area contributed by atoms with E-state index in [0.29, 0.717) is 43.2 Å². The first kappa shape index (κ1) is 19.8. The summed E-state index contributed by atoms with van der Waals surface area (Å²) in [5, 5.41) is 4.26. The Labute approximate surface area is 173 Å². The van der Waals surface area contributed by atoms with Gasteiger partial charge in [0.25, 0.3) is 5.91 Å². The third-order valence-corrected chi connectivity index (χ3v) is 5.33. The maximum atomic E-state index is 15.2. The van der Waals surface area contributed by atoms with Gasteiger partial charge in [0.15, 0.2) is 17.3 Å². The van der Waals surface area contributed by atoms with Crippen LogP contribution in [0.3, 0.4) is 0 Å². The van der Waals surface area contributed by atoms with Gasteiger partial charge in [-0.1, -0.05) is 0 Å². The van der Waals surface area contributed by atoms with E-state index < -0.39 is 5.82 Å². The highest BCUT2D eigenvalue weighted by molar-refractivity contribution is 5.92. The average Bonchev–Trinajstić information content (AvgIpc) is 3.12. The first-order valence-corrected chi connectivity index (χ1v) is 9.67. The lowest BCUT2D eigenvalue weighted by atomic mass is 10.1. The van der Waals surface area contributed by atoms with Gasteiger partial charge in [-0.15, -0.1) is 0 Å². The number of aromatic nitrogens is 4. The number of aryl methyl sites for hydroxylation is 2. The molecule has 156 valence electrons. The molecule has 4 rings (SSSR count). The quantitative estimate of drug-likeness (QED) is 0.657. The topological polar surface area (TPSA) is 76.4 Å². The summed E-state index contributed by atoms with van der Waals surface area (Å²) in [6.45, 7) is 3.80. The number of ether oxygens (including phenoxy) is 1. The Morgan fingerprint density at radius 1 is 1.10 bits per heavy atom. The number of rotatable bonds is 4. The Morgan fingerprint density at radius 3 is 2.40 bits per heavy atom. The normalized spacial score (nSPS) is 14.1. The van der Waals surface area contributed by atoms with Gasteiger partial charge in [-0.2, -0.15) is 5.10 Å². The largest absolute Gasteiger partial charge is 0.497 e. The minimum Gasteiger partial charge on any atom is -0.497 e. The molecular weight excluding hydrogens is 387 g/mol. The summed E-state index contributed by atoms with van der Waals surface area (Å²) in [5.41, 5.74) is 2.24. The van der Waals surface area contributed by atoms with E-state index in [4.69, 9.17) is 4.74 Å². The van der Waals surface area contributed by atoms with Crippen LogP contribution >= 0.6 is 0 Å². The molecule has 9 heteroatoms. The number of hydrogen-bond donors (Lipinski definition) is 0. The first-order chi connectivity index (χ1) is 14.5. The van der Waals surface area contributed by atoms with Crippen molar-refractivity contribution in [3.05, 3.63) is 53.9 Å². The molecule has 1 saturated heterocycles. The van der Waals surface area contributed by atoms with Gasteiger partial charge in [0.05, 0.1) is 7.11 Å². The van der Waals surface area contributed by atoms with E-state index in [-0.39, 0.29) is 17.4 Å². The molecule has 2 aromatic heterocycles. The molecule has 0 spiro atoms. The highest BCUT2D eigenvalue weighted by Gasteiger charge is 2.27. The van der Waals surface area contributed by atoms with Crippen LogP contribution in [0.5, 0.6) is 5.75 Å². The zero-order valence-corrected chi connectivity index (χ0v) is 17.2. The molecule has 8 nitrogen and oxygen atoms in total. The fraction of sp³-hybridized carbons (Fsp3) is 0.333.